The predicted octanol–water partition coefficient (Wildman–Crippen LogP) is -0.534. The van der Waals surface area contributed by atoms with Crippen molar-refractivity contribution in [3.63, 3.8) is 0 Å². The Hall–Kier alpha value is -3.45. The minimum Gasteiger partial charge on any atom is -0.534 e. The van der Waals surface area contributed by atoms with Gasteiger partial charge in [-0.15, -0.1) is 5.10 Å². The van der Waals surface area contributed by atoms with Gasteiger partial charge in [-0.1, -0.05) is 30.7 Å². The summed E-state index contributed by atoms with van der Waals surface area (Å²) in [7, 11) is -1.35. The molecular formula is C22H29BN6O6. The first-order chi connectivity index (χ1) is 16.9. The molecule has 4 N–H and O–H groups in total. The molecule has 1 fully saturated rings. The van der Waals surface area contributed by atoms with Crippen molar-refractivity contribution in [3.05, 3.63) is 41.2 Å². The molecule has 0 bridgehead atoms. The van der Waals surface area contributed by atoms with E-state index in [2.05, 4.69) is 26.3 Å². The number of fused-ring (bicyclic) bond motifs is 1. The van der Waals surface area contributed by atoms with Gasteiger partial charge < -0.3 is 30.4 Å². The summed E-state index contributed by atoms with van der Waals surface area (Å²) in [6.45, 7) is 3.68. The van der Waals surface area contributed by atoms with Crippen LogP contribution < -0.4 is 20.6 Å². The zero-order valence-corrected chi connectivity index (χ0v) is 19.5. The molecule has 13 heteroatoms. The molecule has 0 aliphatic carbocycles. The van der Waals surface area contributed by atoms with Gasteiger partial charge in [-0.05, 0) is 37.4 Å². The van der Waals surface area contributed by atoms with Crippen molar-refractivity contribution in [2.45, 2.75) is 51.1 Å². The van der Waals surface area contributed by atoms with Crippen LogP contribution in [0.15, 0.2) is 24.4 Å². The molecule has 2 atom stereocenters. The summed E-state index contributed by atoms with van der Waals surface area (Å²) < 4.78 is 12.1. The topological polar surface area (TPSA) is 157 Å². The lowest BCUT2D eigenvalue weighted by Gasteiger charge is -2.29. The zero-order valence-electron chi connectivity index (χ0n) is 19.5. The first kappa shape index (κ1) is 24.7. The van der Waals surface area contributed by atoms with E-state index in [4.69, 9.17) is 9.39 Å². The van der Waals surface area contributed by atoms with Gasteiger partial charge in [0.1, 0.15) is 17.9 Å². The Kier molecular flexibility index (Phi) is 7.98. The molecule has 2 amide bonds. The van der Waals surface area contributed by atoms with E-state index < -0.39 is 24.9 Å². The molecule has 1 saturated heterocycles. The number of esters is 1. The highest BCUT2D eigenvalue weighted by Crippen LogP contribution is 2.30. The number of unbranched alkanes of at least 4 members (excludes halogenated alkanes) is 1. The Morgan fingerprint density at radius 3 is 2.97 bits per heavy atom. The van der Waals surface area contributed by atoms with E-state index in [1.807, 2.05) is 6.92 Å². The smallest absolute Gasteiger partial charge is 0.534 e. The maximum Gasteiger partial charge on any atom is 0.547 e. The molecule has 1 aromatic carbocycles. The number of ether oxygens (including phenoxy) is 1. The highest BCUT2D eigenvalue weighted by atomic mass is 16.5. The highest BCUT2D eigenvalue weighted by molar-refractivity contribution is 6.47. The minimum atomic E-state index is -1.35. The fraction of sp³-hybridized carbons (Fsp3) is 0.500. The molecule has 2 aliphatic heterocycles. The van der Waals surface area contributed by atoms with Gasteiger partial charge in [0.2, 0.25) is 5.91 Å². The third-order valence-corrected chi connectivity index (χ3v) is 5.89. The number of carbonyl (C=O) groups excluding carboxylic acids is 3. The maximum absolute atomic E-state index is 12.6. The van der Waals surface area contributed by atoms with Crippen LogP contribution in [-0.4, -0.2) is 76.6 Å². The zero-order chi connectivity index (χ0) is 24.8. The number of benzene rings is 1. The Balaban J connectivity index is 1.33. The van der Waals surface area contributed by atoms with Gasteiger partial charge in [0, 0.05) is 12.6 Å². The normalized spacial score (nSPS) is 19.0. The monoisotopic (exact) mass is 484 g/mol. The minimum absolute atomic E-state index is 0.0466. The van der Waals surface area contributed by atoms with Crippen LogP contribution in [0.3, 0.4) is 0 Å². The lowest BCUT2D eigenvalue weighted by atomic mass is 9.72. The van der Waals surface area contributed by atoms with Gasteiger partial charge in [0.25, 0.3) is 5.91 Å². The number of rotatable bonds is 9. The van der Waals surface area contributed by atoms with Gasteiger partial charge in [0.05, 0.1) is 18.7 Å². The van der Waals surface area contributed by atoms with Crippen LogP contribution in [0, 0.1) is 0 Å². The standard InChI is InChI=1S/C22H29BN6O6/c1-2-3-9-34-22(32)16-6-4-5-14-10-18(23(33)35-20(14)16)26-19(30)13-29-12-17(27-28-29)21(31)25-15-7-8-24-11-15/h4-6,12,15,18,24,33H,2-3,7-11,13H2,1H3,(H,25,31)(H,26,30)/t15-,18-/m0/s1. The van der Waals surface area contributed by atoms with E-state index >= 15 is 0 Å². The lowest BCUT2D eigenvalue weighted by molar-refractivity contribution is -0.122. The Morgan fingerprint density at radius 2 is 2.20 bits per heavy atom. The van der Waals surface area contributed by atoms with E-state index in [9.17, 15) is 19.4 Å². The van der Waals surface area contributed by atoms with Crippen LogP contribution in [0.2, 0.25) is 0 Å². The van der Waals surface area contributed by atoms with E-state index in [0.29, 0.717) is 18.7 Å². The molecule has 2 aromatic rings. The summed E-state index contributed by atoms with van der Waals surface area (Å²) in [6, 6.07) is 5.11. The second-order valence-corrected chi connectivity index (χ2v) is 8.63. The van der Waals surface area contributed by atoms with Crippen molar-refractivity contribution in [2.24, 2.45) is 0 Å². The van der Waals surface area contributed by atoms with Crippen molar-refractivity contribution >= 4 is 24.9 Å². The average Bonchev–Trinajstić information content (AvgIpc) is 3.51. The number of aromatic nitrogens is 3. The van der Waals surface area contributed by atoms with Crippen LogP contribution in [0.1, 0.15) is 52.6 Å². The summed E-state index contributed by atoms with van der Waals surface area (Å²) in [5.74, 6) is -1.77. The second-order valence-electron chi connectivity index (χ2n) is 8.63. The lowest BCUT2D eigenvalue weighted by Crippen LogP contribution is -2.53. The van der Waals surface area contributed by atoms with Crippen molar-refractivity contribution < 1.29 is 28.8 Å². The first-order valence-corrected chi connectivity index (χ1v) is 11.8. The second kappa shape index (κ2) is 11.3. The van der Waals surface area contributed by atoms with Crippen LogP contribution in [0.25, 0.3) is 0 Å². The van der Waals surface area contributed by atoms with Gasteiger partial charge in [-0.2, -0.15) is 0 Å². The van der Waals surface area contributed by atoms with Gasteiger partial charge >= 0.3 is 13.1 Å². The average molecular weight is 484 g/mol. The van der Waals surface area contributed by atoms with Crippen molar-refractivity contribution in [3.8, 4) is 5.75 Å². The van der Waals surface area contributed by atoms with Gasteiger partial charge in [-0.3, -0.25) is 9.59 Å². The molecule has 0 saturated carbocycles. The maximum atomic E-state index is 12.6. The molecule has 0 unspecified atom stereocenters. The predicted molar refractivity (Wildman–Crippen MR) is 125 cm³/mol. The number of amides is 2. The number of nitrogens with one attached hydrogen (secondary N) is 3. The van der Waals surface area contributed by atoms with Crippen molar-refractivity contribution in [2.75, 3.05) is 19.7 Å². The Bertz CT molecular complexity index is 1070. The summed E-state index contributed by atoms with van der Waals surface area (Å²) in [6.07, 6.45) is 4.17. The van der Waals surface area contributed by atoms with Gasteiger partial charge in [-0.25, -0.2) is 9.48 Å². The van der Waals surface area contributed by atoms with E-state index in [1.54, 1.807) is 18.2 Å². The SMILES string of the molecule is CCCCOC(=O)c1cccc2c1OB(O)[C@@H](NC(=O)Cn1cc(C(=O)N[C@H]3CCNC3)nn1)C2. The molecule has 4 rings (SSSR count). The van der Waals surface area contributed by atoms with E-state index in [0.717, 1.165) is 25.8 Å². The molecule has 2 aliphatic rings. The highest BCUT2D eigenvalue weighted by Gasteiger charge is 2.38. The van der Waals surface area contributed by atoms with Crippen LogP contribution in [0.5, 0.6) is 5.75 Å². The number of carbonyl (C=O) groups is 3. The Morgan fingerprint density at radius 1 is 1.34 bits per heavy atom. The summed E-state index contributed by atoms with van der Waals surface area (Å²) >= 11 is 0. The molecular weight excluding hydrogens is 455 g/mol. The fourth-order valence-corrected chi connectivity index (χ4v) is 4.01. The van der Waals surface area contributed by atoms with Crippen LogP contribution >= 0.6 is 0 Å². The summed E-state index contributed by atoms with van der Waals surface area (Å²) in [5, 5.41) is 26.9. The molecule has 35 heavy (non-hydrogen) atoms. The van der Waals surface area contributed by atoms with Gasteiger partial charge in [0.15, 0.2) is 5.69 Å². The third-order valence-electron chi connectivity index (χ3n) is 5.89. The van der Waals surface area contributed by atoms with Crippen LogP contribution in [-0.2, 0) is 22.5 Å². The number of hydrogen-bond acceptors (Lipinski definition) is 9. The van der Waals surface area contributed by atoms with Crippen molar-refractivity contribution in [1.82, 2.24) is 30.9 Å². The first-order valence-electron chi connectivity index (χ1n) is 11.8. The van der Waals surface area contributed by atoms with E-state index in [1.165, 1.54) is 10.9 Å². The molecule has 0 spiro atoms. The summed E-state index contributed by atoms with van der Waals surface area (Å²) in [5.41, 5.74) is 1.04. The Labute approximate surface area is 202 Å². The molecule has 1 aromatic heterocycles. The van der Waals surface area contributed by atoms with Crippen LogP contribution in [0.4, 0.5) is 0 Å². The molecule has 12 nitrogen and oxygen atoms in total. The number of para-hydroxylation sites is 1. The van der Waals surface area contributed by atoms with E-state index in [-0.39, 0.29) is 41.9 Å². The quantitative estimate of drug-likeness (QED) is 0.209. The summed E-state index contributed by atoms with van der Waals surface area (Å²) in [4.78, 5) is 37.3. The number of hydrogen-bond donors (Lipinski definition) is 4. The molecule has 0 radical (unpaired) electrons. The molecule has 186 valence electrons. The largest absolute Gasteiger partial charge is 0.547 e. The fourth-order valence-electron chi connectivity index (χ4n) is 4.01. The van der Waals surface area contributed by atoms with Crippen molar-refractivity contribution in [1.29, 1.82) is 0 Å². The molecule has 3 heterocycles. The third kappa shape index (κ3) is 6.17. The number of nitrogens with zero attached hydrogens (tertiary/aromatic N) is 3.